The summed E-state index contributed by atoms with van der Waals surface area (Å²) in [4.78, 5) is 25.1. The highest BCUT2D eigenvalue weighted by Gasteiger charge is 2.14. The van der Waals surface area contributed by atoms with E-state index in [9.17, 15) is 4.79 Å². The molecule has 25 heavy (non-hydrogen) atoms. The number of aryl methyl sites for hydroxylation is 1. The van der Waals surface area contributed by atoms with Crippen molar-refractivity contribution in [3.8, 4) is 28.4 Å². The number of nitrogens with one attached hydrogen (secondary N) is 1. The van der Waals surface area contributed by atoms with E-state index < -0.39 is 0 Å². The van der Waals surface area contributed by atoms with Crippen LogP contribution in [-0.4, -0.2) is 22.1 Å². The van der Waals surface area contributed by atoms with Gasteiger partial charge in [0, 0.05) is 17.1 Å². The van der Waals surface area contributed by atoms with Crippen LogP contribution in [0.2, 0.25) is 0 Å². The fourth-order valence-corrected chi connectivity index (χ4v) is 3.78. The summed E-state index contributed by atoms with van der Waals surface area (Å²) in [6.07, 6.45) is 1.68. The number of hydrogen-bond donors (Lipinski definition) is 1. The number of pyridine rings is 1. The minimum Gasteiger partial charge on any atom is -0.496 e. The summed E-state index contributed by atoms with van der Waals surface area (Å²) in [6.45, 7) is 1.98. The second kappa shape index (κ2) is 6.14. The molecular weight excluding hydrogens is 334 g/mol. The summed E-state index contributed by atoms with van der Waals surface area (Å²) in [6, 6.07) is 11.4. The van der Waals surface area contributed by atoms with E-state index in [0.29, 0.717) is 21.7 Å². The van der Waals surface area contributed by atoms with E-state index >= 15 is 0 Å². The Kier molecular flexibility index (Phi) is 3.82. The number of ether oxygens (including phenoxy) is 1. The van der Waals surface area contributed by atoms with Gasteiger partial charge in [-0.15, -0.1) is 11.3 Å². The quantitative estimate of drug-likeness (QED) is 0.606. The maximum atomic E-state index is 12.7. The van der Waals surface area contributed by atoms with Crippen LogP contribution in [0.3, 0.4) is 0 Å². The highest BCUT2D eigenvalue weighted by molar-refractivity contribution is 7.17. The van der Waals surface area contributed by atoms with Crippen LogP contribution in [0.4, 0.5) is 0 Å². The first-order valence-electron chi connectivity index (χ1n) is 7.75. The average molecular weight is 349 g/mol. The van der Waals surface area contributed by atoms with Gasteiger partial charge in [0.15, 0.2) is 5.82 Å². The molecule has 0 bridgehead atoms. The van der Waals surface area contributed by atoms with Crippen LogP contribution in [-0.2, 0) is 0 Å². The maximum absolute atomic E-state index is 12.7. The number of benzene rings is 1. The first-order chi connectivity index (χ1) is 12.2. The van der Waals surface area contributed by atoms with Gasteiger partial charge < -0.3 is 9.72 Å². The molecule has 0 unspecified atom stereocenters. The second-order valence-corrected chi connectivity index (χ2v) is 6.50. The molecule has 1 N–H and O–H groups in total. The minimum absolute atomic E-state index is 0.157. The highest BCUT2D eigenvalue weighted by atomic mass is 32.1. The Balaban J connectivity index is 1.88. The predicted molar refractivity (Wildman–Crippen MR) is 100 cm³/mol. The molecule has 0 saturated carbocycles. The van der Waals surface area contributed by atoms with Gasteiger partial charge in [0.2, 0.25) is 0 Å². The number of methoxy groups -OCH3 is 1. The fraction of sp³-hybridized carbons (Fsp3) is 0.105. The molecule has 0 aliphatic heterocycles. The van der Waals surface area contributed by atoms with Gasteiger partial charge in [-0.05, 0) is 42.3 Å². The number of hydrogen-bond acceptors (Lipinski definition) is 5. The van der Waals surface area contributed by atoms with Gasteiger partial charge in [0.25, 0.3) is 5.56 Å². The summed E-state index contributed by atoms with van der Waals surface area (Å²) in [5, 5.41) is 2.57. The lowest BCUT2D eigenvalue weighted by atomic mass is 10.0. The van der Waals surface area contributed by atoms with Crippen molar-refractivity contribution in [3.05, 3.63) is 63.9 Å². The van der Waals surface area contributed by atoms with Crippen LogP contribution in [0.15, 0.2) is 52.8 Å². The molecule has 3 aromatic heterocycles. The van der Waals surface area contributed by atoms with Gasteiger partial charge in [-0.1, -0.05) is 12.1 Å². The van der Waals surface area contributed by atoms with Crippen LogP contribution in [0.25, 0.3) is 32.9 Å². The third-order valence-electron chi connectivity index (χ3n) is 4.06. The summed E-state index contributed by atoms with van der Waals surface area (Å²) >= 11 is 1.46. The van der Waals surface area contributed by atoms with E-state index in [1.165, 1.54) is 11.3 Å². The third-order valence-corrected chi connectivity index (χ3v) is 4.93. The summed E-state index contributed by atoms with van der Waals surface area (Å²) in [5.74, 6) is 1.31. The molecule has 124 valence electrons. The van der Waals surface area contributed by atoms with Gasteiger partial charge in [-0.2, -0.15) is 0 Å². The highest BCUT2D eigenvalue weighted by Crippen LogP contribution is 2.33. The molecule has 6 heteroatoms. The number of aromatic nitrogens is 3. The van der Waals surface area contributed by atoms with E-state index in [1.807, 2.05) is 48.7 Å². The van der Waals surface area contributed by atoms with Crippen LogP contribution in [0, 0.1) is 6.92 Å². The molecule has 4 rings (SSSR count). The smallest absolute Gasteiger partial charge is 0.260 e. The summed E-state index contributed by atoms with van der Waals surface area (Å²) in [5.41, 5.74) is 3.37. The number of nitrogens with zero attached hydrogens (tertiary/aromatic N) is 2. The Hall–Kier alpha value is -2.99. The number of aromatic amines is 1. The lowest BCUT2D eigenvalue weighted by Gasteiger charge is -2.07. The number of fused-ring (bicyclic) bond motifs is 1. The van der Waals surface area contributed by atoms with Crippen molar-refractivity contribution in [1.29, 1.82) is 0 Å². The molecule has 0 amide bonds. The molecule has 0 fully saturated rings. The van der Waals surface area contributed by atoms with Crippen molar-refractivity contribution >= 4 is 21.6 Å². The van der Waals surface area contributed by atoms with Gasteiger partial charge >= 0.3 is 0 Å². The first-order valence-corrected chi connectivity index (χ1v) is 8.63. The van der Waals surface area contributed by atoms with Crippen molar-refractivity contribution in [2.24, 2.45) is 0 Å². The lowest BCUT2D eigenvalue weighted by molar-refractivity contribution is 0.412. The van der Waals surface area contributed by atoms with Gasteiger partial charge in [0.1, 0.15) is 16.3 Å². The molecule has 0 atom stereocenters. The zero-order valence-corrected chi connectivity index (χ0v) is 14.6. The normalized spacial score (nSPS) is 11.0. The van der Waals surface area contributed by atoms with Crippen molar-refractivity contribution in [2.45, 2.75) is 6.92 Å². The van der Waals surface area contributed by atoms with Gasteiger partial charge in [-0.3, -0.25) is 9.78 Å². The topological polar surface area (TPSA) is 67.9 Å². The second-order valence-electron chi connectivity index (χ2n) is 5.64. The van der Waals surface area contributed by atoms with E-state index in [0.717, 1.165) is 22.4 Å². The third kappa shape index (κ3) is 2.70. The largest absolute Gasteiger partial charge is 0.496 e. The average Bonchev–Trinajstić information content (AvgIpc) is 3.07. The molecule has 1 aromatic carbocycles. The summed E-state index contributed by atoms with van der Waals surface area (Å²) in [7, 11) is 1.65. The van der Waals surface area contributed by atoms with E-state index in [1.54, 1.807) is 13.3 Å². The van der Waals surface area contributed by atoms with Crippen molar-refractivity contribution < 1.29 is 4.74 Å². The van der Waals surface area contributed by atoms with E-state index in [2.05, 4.69) is 15.0 Å². The molecule has 3 heterocycles. The van der Waals surface area contributed by atoms with E-state index in [4.69, 9.17) is 4.74 Å². The standard InChI is InChI=1S/C19H15N3O2S/c1-11-9-12(6-7-15(11)24-2)13-10-25-19-16(13)18(23)21-17(22-19)14-5-3-4-8-20-14/h3-10H,1-2H3,(H,21,22,23). The number of thiophene rings is 1. The van der Waals surface area contributed by atoms with Crippen molar-refractivity contribution in [2.75, 3.05) is 7.11 Å². The van der Waals surface area contributed by atoms with Crippen LogP contribution < -0.4 is 10.3 Å². The maximum Gasteiger partial charge on any atom is 0.260 e. The zero-order chi connectivity index (χ0) is 17.4. The molecule has 4 aromatic rings. The predicted octanol–water partition coefficient (Wildman–Crippen LogP) is 4.03. The molecule has 0 saturated heterocycles. The van der Waals surface area contributed by atoms with Crippen LogP contribution in [0.1, 0.15) is 5.56 Å². The Morgan fingerprint density at radius 1 is 1.20 bits per heavy atom. The van der Waals surface area contributed by atoms with Crippen LogP contribution >= 0.6 is 11.3 Å². The SMILES string of the molecule is COc1ccc(-c2csc3nc(-c4ccccn4)[nH]c(=O)c23)cc1C. The fourth-order valence-electron chi connectivity index (χ4n) is 2.83. The van der Waals surface area contributed by atoms with E-state index in [-0.39, 0.29) is 5.56 Å². The summed E-state index contributed by atoms with van der Waals surface area (Å²) < 4.78 is 5.31. The molecule has 0 aliphatic rings. The lowest BCUT2D eigenvalue weighted by Crippen LogP contribution is -2.09. The molecule has 0 radical (unpaired) electrons. The van der Waals surface area contributed by atoms with Crippen molar-refractivity contribution in [1.82, 2.24) is 15.0 Å². The molecule has 5 nitrogen and oxygen atoms in total. The van der Waals surface area contributed by atoms with Crippen LogP contribution in [0.5, 0.6) is 5.75 Å². The minimum atomic E-state index is -0.157. The first kappa shape index (κ1) is 15.5. The molecular formula is C19H15N3O2S. The number of H-pyrrole nitrogens is 1. The zero-order valence-electron chi connectivity index (χ0n) is 13.7. The number of rotatable bonds is 3. The Labute approximate surface area is 148 Å². The van der Waals surface area contributed by atoms with Gasteiger partial charge in [-0.25, -0.2) is 4.98 Å². The Bertz CT molecular complexity index is 1120. The Morgan fingerprint density at radius 2 is 2.08 bits per heavy atom. The van der Waals surface area contributed by atoms with Crippen molar-refractivity contribution in [3.63, 3.8) is 0 Å². The monoisotopic (exact) mass is 349 g/mol. The van der Waals surface area contributed by atoms with Gasteiger partial charge in [0.05, 0.1) is 12.5 Å². The Morgan fingerprint density at radius 3 is 2.80 bits per heavy atom. The molecule has 0 aliphatic carbocycles. The molecule has 0 spiro atoms.